The lowest BCUT2D eigenvalue weighted by Gasteiger charge is -2.42. The standard InChI is InChI=1S/C23H37N3O2/c1-24(18-19-27)23(28)21-9-16-26(17-10-21)22-11-14-25(15-12-22)13-5-8-20-6-3-2-4-7-20/h2-4,6-7,21-22,27H,5,8-19H2,1H3. The highest BCUT2D eigenvalue weighted by atomic mass is 16.3. The van der Waals surface area contributed by atoms with Crippen molar-refractivity contribution in [3.05, 3.63) is 35.9 Å². The number of amides is 1. The van der Waals surface area contributed by atoms with Gasteiger partial charge in [0.1, 0.15) is 0 Å². The summed E-state index contributed by atoms with van der Waals surface area (Å²) in [6.45, 7) is 6.20. The van der Waals surface area contributed by atoms with E-state index >= 15 is 0 Å². The van der Waals surface area contributed by atoms with Gasteiger partial charge in [-0.25, -0.2) is 0 Å². The van der Waals surface area contributed by atoms with Gasteiger partial charge in [0.25, 0.3) is 0 Å². The first-order valence-electron chi connectivity index (χ1n) is 11.0. The summed E-state index contributed by atoms with van der Waals surface area (Å²) >= 11 is 0. The Labute approximate surface area is 170 Å². The number of hydrogen-bond donors (Lipinski definition) is 1. The van der Waals surface area contributed by atoms with Gasteiger partial charge in [0.2, 0.25) is 5.91 Å². The molecule has 0 aromatic heterocycles. The molecule has 5 heteroatoms. The van der Waals surface area contributed by atoms with Crippen molar-refractivity contribution in [3.8, 4) is 0 Å². The van der Waals surface area contributed by atoms with E-state index in [9.17, 15) is 4.79 Å². The highest BCUT2D eigenvalue weighted by molar-refractivity contribution is 5.78. The zero-order valence-electron chi connectivity index (χ0n) is 17.4. The van der Waals surface area contributed by atoms with Gasteiger partial charge in [-0.1, -0.05) is 30.3 Å². The van der Waals surface area contributed by atoms with Gasteiger partial charge in [-0.05, 0) is 76.8 Å². The molecule has 0 unspecified atom stereocenters. The highest BCUT2D eigenvalue weighted by Crippen LogP contribution is 2.25. The first-order chi connectivity index (χ1) is 13.7. The van der Waals surface area contributed by atoms with Crippen molar-refractivity contribution in [2.24, 2.45) is 5.92 Å². The molecule has 2 fully saturated rings. The van der Waals surface area contributed by atoms with Crippen LogP contribution in [0.15, 0.2) is 30.3 Å². The predicted molar refractivity (Wildman–Crippen MR) is 113 cm³/mol. The molecule has 3 rings (SSSR count). The number of likely N-dealkylation sites (tertiary alicyclic amines) is 2. The Bertz CT molecular complexity index is 579. The Hall–Kier alpha value is -1.43. The van der Waals surface area contributed by atoms with Gasteiger partial charge in [0.05, 0.1) is 6.61 Å². The second-order valence-electron chi connectivity index (χ2n) is 8.46. The minimum absolute atomic E-state index is 0.0466. The number of nitrogens with zero attached hydrogens (tertiary/aromatic N) is 3. The molecular weight excluding hydrogens is 350 g/mol. The quantitative estimate of drug-likeness (QED) is 0.743. The number of aliphatic hydroxyl groups is 1. The number of carbonyl (C=O) groups is 1. The third kappa shape index (κ3) is 6.03. The number of rotatable bonds is 8. The number of likely N-dealkylation sites (N-methyl/N-ethyl adjacent to an activating group) is 1. The molecule has 5 nitrogen and oxygen atoms in total. The SMILES string of the molecule is CN(CCO)C(=O)C1CCN(C2CCN(CCCc3ccccc3)CC2)CC1. The van der Waals surface area contributed by atoms with Gasteiger partial charge in [0.15, 0.2) is 0 Å². The van der Waals surface area contributed by atoms with Crippen LogP contribution in [0.1, 0.15) is 37.7 Å². The lowest BCUT2D eigenvalue weighted by molar-refractivity contribution is -0.136. The van der Waals surface area contributed by atoms with E-state index in [4.69, 9.17) is 5.11 Å². The van der Waals surface area contributed by atoms with Crippen molar-refractivity contribution in [3.63, 3.8) is 0 Å². The molecule has 28 heavy (non-hydrogen) atoms. The largest absolute Gasteiger partial charge is 0.395 e. The molecule has 0 aliphatic carbocycles. The molecule has 0 radical (unpaired) electrons. The fraction of sp³-hybridized carbons (Fsp3) is 0.696. The summed E-state index contributed by atoms with van der Waals surface area (Å²) < 4.78 is 0. The summed E-state index contributed by atoms with van der Waals surface area (Å²) in [6.07, 6.45) is 6.86. The van der Waals surface area contributed by atoms with Gasteiger partial charge in [-0.2, -0.15) is 0 Å². The maximum absolute atomic E-state index is 12.4. The Morgan fingerprint density at radius 2 is 1.75 bits per heavy atom. The second-order valence-corrected chi connectivity index (χ2v) is 8.46. The summed E-state index contributed by atoms with van der Waals surface area (Å²) in [5.74, 6) is 0.354. The van der Waals surface area contributed by atoms with Crippen LogP contribution in [-0.2, 0) is 11.2 Å². The van der Waals surface area contributed by atoms with Gasteiger partial charge < -0.3 is 19.8 Å². The molecule has 1 aromatic carbocycles. The number of hydrogen-bond acceptors (Lipinski definition) is 4. The van der Waals surface area contributed by atoms with Crippen LogP contribution in [0, 0.1) is 5.92 Å². The second kappa shape index (κ2) is 10.9. The van der Waals surface area contributed by atoms with E-state index in [1.54, 1.807) is 11.9 Å². The molecule has 2 heterocycles. The van der Waals surface area contributed by atoms with Crippen molar-refractivity contribution in [2.75, 3.05) is 52.9 Å². The van der Waals surface area contributed by atoms with Crippen LogP contribution >= 0.6 is 0 Å². The van der Waals surface area contributed by atoms with E-state index in [2.05, 4.69) is 40.1 Å². The van der Waals surface area contributed by atoms with Crippen LogP contribution in [0.25, 0.3) is 0 Å². The molecule has 0 spiro atoms. The summed E-state index contributed by atoms with van der Waals surface area (Å²) in [5, 5.41) is 9.02. The minimum Gasteiger partial charge on any atom is -0.395 e. The molecule has 156 valence electrons. The minimum atomic E-state index is 0.0466. The number of piperidine rings is 2. The first kappa shape index (κ1) is 21.3. The Balaban J connectivity index is 1.33. The molecule has 2 saturated heterocycles. The van der Waals surface area contributed by atoms with Crippen molar-refractivity contribution in [1.29, 1.82) is 0 Å². The van der Waals surface area contributed by atoms with E-state index in [1.807, 2.05) is 0 Å². The zero-order valence-corrected chi connectivity index (χ0v) is 17.4. The molecule has 1 amide bonds. The van der Waals surface area contributed by atoms with Crippen molar-refractivity contribution in [2.45, 2.75) is 44.6 Å². The number of carbonyl (C=O) groups excluding carboxylic acids is 1. The van der Waals surface area contributed by atoms with Crippen molar-refractivity contribution in [1.82, 2.24) is 14.7 Å². The fourth-order valence-electron chi connectivity index (χ4n) is 4.74. The zero-order chi connectivity index (χ0) is 19.8. The summed E-state index contributed by atoms with van der Waals surface area (Å²) in [7, 11) is 1.80. The molecule has 2 aliphatic heterocycles. The van der Waals surface area contributed by atoms with Crippen LogP contribution in [-0.4, -0.2) is 84.7 Å². The van der Waals surface area contributed by atoms with Gasteiger partial charge in [-0.15, -0.1) is 0 Å². The lowest BCUT2D eigenvalue weighted by atomic mass is 9.92. The number of aliphatic hydroxyl groups excluding tert-OH is 1. The van der Waals surface area contributed by atoms with Gasteiger partial charge in [-0.3, -0.25) is 4.79 Å². The van der Waals surface area contributed by atoms with Crippen molar-refractivity contribution < 1.29 is 9.90 Å². The van der Waals surface area contributed by atoms with E-state index in [0.29, 0.717) is 12.6 Å². The summed E-state index contributed by atoms with van der Waals surface area (Å²) in [4.78, 5) is 19.3. The third-order valence-electron chi connectivity index (χ3n) is 6.55. The van der Waals surface area contributed by atoms with E-state index < -0.39 is 0 Å². The molecule has 0 bridgehead atoms. The van der Waals surface area contributed by atoms with Crippen LogP contribution < -0.4 is 0 Å². The maximum atomic E-state index is 12.4. The van der Waals surface area contributed by atoms with E-state index in [-0.39, 0.29) is 18.4 Å². The first-order valence-corrected chi connectivity index (χ1v) is 11.0. The fourth-order valence-corrected chi connectivity index (χ4v) is 4.74. The number of aryl methyl sites for hydroxylation is 1. The Kier molecular flexibility index (Phi) is 8.31. The number of benzene rings is 1. The highest BCUT2D eigenvalue weighted by Gasteiger charge is 2.31. The average Bonchev–Trinajstić information content (AvgIpc) is 2.75. The molecular formula is C23H37N3O2. The summed E-state index contributed by atoms with van der Waals surface area (Å²) in [6, 6.07) is 11.5. The molecule has 2 aliphatic rings. The Morgan fingerprint density at radius 3 is 2.39 bits per heavy atom. The van der Waals surface area contributed by atoms with E-state index in [0.717, 1.165) is 25.9 Å². The van der Waals surface area contributed by atoms with Crippen molar-refractivity contribution >= 4 is 5.91 Å². The molecule has 0 atom stereocenters. The third-order valence-corrected chi connectivity index (χ3v) is 6.55. The van der Waals surface area contributed by atoms with Gasteiger partial charge >= 0.3 is 0 Å². The Morgan fingerprint density at radius 1 is 1.07 bits per heavy atom. The molecule has 1 aromatic rings. The monoisotopic (exact) mass is 387 g/mol. The smallest absolute Gasteiger partial charge is 0.225 e. The van der Waals surface area contributed by atoms with Gasteiger partial charge in [0, 0.05) is 25.6 Å². The van der Waals surface area contributed by atoms with Crippen LogP contribution in [0.2, 0.25) is 0 Å². The predicted octanol–water partition coefficient (Wildman–Crippen LogP) is 2.25. The van der Waals surface area contributed by atoms with Crippen LogP contribution in [0.5, 0.6) is 0 Å². The summed E-state index contributed by atoms with van der Waals surface area (Å²) in [5.41, 5.74) is 1.44. The molecule has 0 saturated carbocycles. The van der Waals surface area contributed by atoms with Crippen LogP contribution in [0.3, 0.4) is 0 Å². The average molecular weight is 388 g/mol. The topological polar surface area (TPSA) is 47.0 Å². The molecule has 1 N–H and O–H groups in total. The van der Waals surface area contributed by atoms with E-state index in [1.165, 1.54) is 50.9 Å². The van der Waals surface area contributed by atoms with Crippen LogP contribution in [0.4, 0.5) is 0 Å². The maximum Gasteiger partial charge on any atom is 0.225 e. The lowest BCUT2D eigenvalue weighted by Crippen LogP contribution is -2.49. The normalized spacial score (nSPS) is 20.4.